The third-order valence-electron chi connectivity index (χ3n) is 2.55. The van der Waals surface area contributed by atoms with Crippen LogP contribution in [0, 0.1) is 5.92 Å². The zero-order valence-electron chi connectivity index (χ0n) is 12.5. The Bertz CT molecular complexity index is 494. The van der Waals surface area contributed by atoms with E-state index in [1.54, 1.807) is 6.07 Å². The van der Waals surface area contributed by atoms with Gasteiger partial charge < -0.3 is 14.5 Å². The molecule has 1 heterocycles. The van der Waals surface area contributed by atoms with Crippen molar-refractivity contribution in [1.82, 2.24) is 9.62 Å². The van der Waals surface area contributed by atoms with Crippen molar-refractivity contribution < 1.29 is 17.6 Å². The first-order chi connectivity index (χ1) is 9.34. The number of nitrogens with zero attached hydrogens (tertiary/aromatic N) is 1. The molecule has 0 saturated carbocycles. The molecule has 1 N–H and O–H groups in total. The molecule has 6 nitrogen and oxygen atoms in total. The summed E-state index contributed by atoms with van der Waals surface area (Å²) in [6.07, 6.45) is 0. The van der Waals surface area contributed by atoms with E-state index in [0.717, 1.165) is 10.9 Å². The Balaban J connectivity index is 2.35. The van der Waals surface area contributed by atoms with E-state index in [0.29, 0.717) is 31.4 Å². The standard InChI is InChI=1S/C13H24N2O4S/c1-11(2)10-18-8-7-14-9-12-5-6-13(19-12)20(16,17)15(3)4/h5-6,11,14H,7-10H2,1-4H3. The lowest BCUT2D eigenvalue weighted by Crippen LogP contribution is -2.22. The number of sulfonamides is 1. The van der Waals surface area contributed by atoms with E-state index >= 15 is 0 Å². The van der Waals surface area contributed by atoms with Crippen molar-refractivity contribution in [3.63, 3.8) is 0 Å². The predicted octanol–water partition coefficient (Wildman–Crippen LogP) is 1.29. The highest BCUT2D eigenvalue weighted by Gasteiger charge is 2.21. The third-order valence-corrected chi connectivity index (χ3v) is 4.23. The first-order valence-electron chi connectivity index (χ1n) is 6.63. The van der Waals surface area contributed by atoms with Gasteiger partial charge in [-0.15, -0.1) is 0 Å². The van der Waals surface area contributed by atoms with Gasteiger partial charge in [-0.3, -0.25) is 0 Å². The first-order valence-corrected chi connectivity index (χ1v) is 8.07. The van der Waals surface area contributed by atoms with E-state index in [4.69, 9.17) is 9.15 Å². The van der Waals surface area contributed by atoms with Crippen molar-refractivity contribution in [1.29, 1.82) is 0 Å². The van der Waals surface area contributed by atoms with Crippen molar-refractivity contribution in [2.45, 2.75) is 25.5 Å². The van der Waals surface area contributed by atoms with E-state index in [-0.39, 0.29) is 5.09 Å². The molecule has 0 saturated heterocycles. The Hall–Kier alpha value is -0.890. The average molecular weight is 304 g/mol. The zero-order valence-corrected chi connectivity index (χ0v) is 13.4. The Morgan fingerprint density at radius 2 is 2.05 bits per heavy atom. The van der Waals surface area contributed by atoms with Gasteiger partial charge in [0.05, 0.1) is 13.2 Å². The zero-order chi connectivity index (χ0) is 15.2. The summed E-state index contributed by atoms with van der Waals surface area (Å²) in [6.45, 7) is 6.75. The molecule has 0 aliphatic rings. The highest BCUT2D eigenvalue weighted by atomic mass is 32.2. The molecule has 1 aromatic rings. The molecular weight excluding hydrogens is 280 g/mol. The summed E-state index contributed by atoms with van der Waals surface area (Å²) < 4.78 is 35.5. The second-order valence-electron chi connectivity index (χ2n) is 5.15. The van der Waals surface area contributed by atoms with Crippen molar-refractivity contribution >= 4 is 10.0 Å². The molecule has 7 heteroatoms. The highest BCUT2D eigenvalue weighted by molar-refractivity contribution is 7.88. The molecular formula is C13H24N2O4S. The van der Waals surface area contributed by atoms with Crippen LogP contribution in [0.25, 0.3) is 0 Å². The minimum atomic E-state index is -3.49. The fraction of sp³-hybridized carbons (Fsp3) is 0.692. The van der Waals surface area contributed by atoms with Crippen molar-refractivity contribution in [2.24, 2.45) is 5.92 Å². The van der Waals surface area contributed by atoms with Crippen LogP contribution < -0.4 is 5.32 Å². The van der Waals surface area contributed by atoms with Crippen LogP contribution in [0.1, 0.15) is 19.6 Å². The first kappa shape index (κ1) is 17.2. The summed E-state index contributed by atoms with van der Waals surface area (Å²) >= 11 is 0. The van der Waals surface area contributed by atoms with Gasteiger partial charge in [0.1, 0.15) is 5.76 Å². The van der Waals surface area contributed by atoms with Gasteiger partial charge in [-0.05, 0) is 18.1 Å². The van der Waals surface area contributed by atoms with Gasteiger partial charge in [0.2, 0.25) is 5.09 Å². The van der Waals surface area contributed by atoms with E-state index in [1.165, 1.54) is 20.2 Å². The lowest BCUT2D eigenvalue weighted by atomic mass is 10.2. The molecule has 0 radical (unpaired) electrons. The van der Waals surface area contributed by atoms with Crippen LogP contribution in [-0.4, -0.2) is 46.6 Å². The van der Waals surface area contributed by atoms with Crippen molar-refractivity contribution in [3.8, 4) is 0 Å². The Kier molecular flexibility index (Phi) is 6.67. The molecule has 0 aliphatic heterocycles. The quantitative estimate of drug-likeness (QED) is 0.696. The lowest BCUT2D eigenvalue weighted by Gasteiger charge is -2.08. The van der Waals surface area contributed by atoms with E-state index in [2.05, 4.69) is 19.2 Å². The molecule has 0 amide bonds. The van der Waals surface area contributed by atoms with Gasteiger partial charge in [-0.25, -0.2) is 12.7 Å². The van der Waals surface area contributed by atoms with E-state index < -0.39 is 10.0 Å². The second kappa shape index (κ2) is 7.78. The Labute approximate surface area is 121 Å². The number of hydrogen-bond acceptors (Lipinski definition) is 5. The van der Waals surface area contributed by atoms with Crippen molar-refractivity contribution in [2.75, 3.05) is 33.9 Å². The van der Waals surface area contributed by atoms with Crippen LogP contribution in [0.5, 0.6) is 0 Å². The summed E-state index contributed by atoms with van der Waals surface area (Å²) in [7, 11) is -0.543. The summed E-state index contributed by atoms with van der Waals surface area (Å²) in [6, 6.07) is 3.14. The fourth-order valence-electron chi connectivity index (χ4n) is 1.45. The molecule has 20 heavy (non-hydrogen) atoms. The normalized spacial score (nSPS) is 12.5. The highest BCUT2D eigenvalue weighted by Crippen LogP contribution is 2.16. The van der Waals surface area contributed by atoms with Gasteiger partial charge in [-0.2, -0.15) is 0 Å². The van der Waals surface area contributed by atoms with Crippen LogP contribution in [0.15, 0.2) is 21.6 Å². The van der Waals surface area contributed by atoms with Crippen LogP contribution in [0.4, 0.5) is 0 Å². The van der Waals surface area contributed by atoms with Gasteiger partial charge in [0.25, 0.3) is 10.0 Å². The molecule has 1 rings (SSSR count). The maximum absolute atomic E-state index is 11.8. The predicted molar refractivity (Wildman–Crippen MR) is 76.9 cm³/mol. The number of hydrogen-bond donors (Lipinski definition) is 1. The summed E-state index contributed by atoms with van der Waals surface area (Å²) in [4.78, 5) is 0. The lowest BCUT2D eigenvalue weighted by molar-refractivity contribution is 0.111. The Morgan fingerprint density at radius 1 is 1.35 bits per heavy atom. The number of rotatable bonds is 9. The van der Waals surface area contributed by atoms with Gasteiger partial charge in [0, 0.05) is 27.2 Å². The smallest absolute Gasteiger partial charge is 0.275 e. The average Bonchev–Trinajstić information content (AvgIpc) is 2.82. The Morgan fingerprint density at radius 3 is 2.65 bits per heavy atom. The van der Waals surface area contributed by atoms with Crippen LogP contribution in [0.3, 0.4) is 0 Å². The maximum atomic E-state index is 11.8. The van der Waals surface area contributed by atoms with Crippen LogP contribution in [-0.2, 0) is 21.3 Å². The molecule has 0 unspecified atom stereocenters. The number of furan rings is 1. The fourth-order valence-corrected chi connectivity index (χ4v) is 2.26. The molecule has 0 aromatic carbocycles. The third kappa shape index (κ3) is 5.24. The molecule has 116 valence electrons. The van der Waals surface area contributed by atoms with E-state index in [9.17, 15) is 8.42 Å². The van der Waals surface area contributed by atoms with Crippen LogP contribution >= 0.6 is 0 Å². The SMILES string of the molecule is CC(C)COCCNCc1ccc(S(=O)(=O)N(C)C)o1. The van der Waals surface area contributed by atoms with E-state index in [1.807, 2.05) is 0 Å². The molecule has 0 atom stereocenters. The minimum absolute atomic E-state index is 0.0321. The molecule has 0 fully saturated rings. The molecule has 0 aliphatic carbocycles. The summed E-state index contributed by atoms with van der Waals surface area (Å²) in [5, 5.41) is 3.11. The minimum Gasteiger partial charge on any atom is -0.447 e. The monoisotopic (exact) mass is 304 g/mol. The van der Waals surface area contributed by atoms with Crippen LogP contribution in [0.2, 0.25) is 0 Å². The second-order valence-corrected chi connectivity index (χ2v) is 7.24. The number of ether oxygens (including phenoxy) is 1. The van der Waals surface area contributed by atoms with Gasteiger partial charge >= 0.3 is 0 Å². The summed E-state index contributed by atoms with van der Waals surface area (Å²) in [5.41, 5.74) is 0. The van der Waals surface area contributed by atoms with Gasteiger partial charge in [0.15, 0.2) is 0 Å². The summed E-state index contributed by atoms with van der Waals surface area (Å²) in [5.74, 6) is 1.12. The largest absolute Gasteiger partial charge is 0.447 e. The molecule has 1 aromatic heterocycles. The van der Waals surface area contributed by atoms with Gasteiger partial charge in [-0.1, -0.05) is 13.8 Å². The number of nitrogens with one attached hydrogen (secondary N) is 1. The topological polar surface area (TPSA) is 71.8 Å². The van der Waals surface area contributed by atoms with Crippen molar-refractivity contribution in [3.05, 3.63) is 17.9 Å². The maximum Gasteiger partial charge on any atom is 0.275 e. The molecule has 0 spiro atoms. The molecule has 0 bridgehead atoms.